The van der Waals surface area contributed by atoms with Gasteiger partial charge >= 0.3 is 0 Å². The minimum atomic E-state index is -3.95. The molecule has 2 N–H and O–H groups in total. The van der Waals surface area contributed by atoms with Crippen LogP contribution >= 0.6 is 12.6 Å². The van der Waals surface area contributed by atoms with E-state index in [-0.39, 0.29) is 52.5 Å². The van der Waals surface area contributed by atoms with E-state index in [0.717, 1.165) is 6.07 Å². The Balaban J connectivity index is 1.78. The number of carbonyl (C=O) groups excluding carboxylic acids is 1. The molecule has 2 atom stereocenters. The van der Waals surface area contributed by atoms with Gasteiger partial charge in [-0.25, -0.2) is 8.42 Å². The average Bonchev–Trinajstić information content (AvgIpc) is 2.68. The Morgan fingerprint density at radius 3 is 2.70 bits per heavy atom. The molecule has 2 heterocycles. The molecule has 2 saturated heterocycles. The van der Waals surface area contributed by atoms with Crippen molar-refractivity contribution in [3.8, 4) is 0 Å². The minimum absolute atomic E-state index is 0.00662. The van der Waals surface area contributed by atoms with Gasteiger partial charge in [0.25, 0.3) is 5.69 Å². The van der Waals surface area contributed by atoms with E-state index in [1.54, 1.807) is 0 Å². The molecule has 0 aromatic heterocycles. The fourth-order valence-electron chi connectivity index (χ4n) is 4.04. The van der Waals surface area contributed by atoms with Crippen molar-refractivity contribution in [2.75, 3.05) is 39.3 Å². The number of non-ortho nitro benzene ring substituents is 1. The highest BCUT2D eigenvalue weighted by Crippen LogP contribution is 2.28. The predicted molar refractivity (Wildman–Crippen MR) is 114 cm³/mol. The van der Waals surface area contributed by atoms with Crippen LogP contribution in [0.25, 0.3) is 0 Å². The van der Waals surface area contributed by atoms with E-state index in [1.807, 2.05) is 13.8 Å². The molecular formula is C18H27N5O5S2. The van der Waals surface area contributed by atoms with E-state index in [9.17, 15) is 23.3 Å². The number of nitro benzene ring substituents is 1. The molecule has 1 unspecified atom stereocenters. The zero-order valence-corrected chi connectivity index (χ0v) is 18.7. The molecule has 1 aromatic carbocycles. The third-order valence-corrected chi connectivity index (χ3v) is 7.88. The van der Waals surface area contributed by atoms with Crippen LogP contribution in [0.1, 0.15) is 13.8 Å². The summed E-state index contributed by atoms with van der Waals surface area (Å²) in [5, 5.41) is 17.3. The lowest BCUT2D eigenvalue weighted by molar-refractivity contribution is -0.385. The Morgan fingerprint density at radius 1 is 1.30 bits per heavy atom. The first-order chi connectivity index (χ1) is 14.1. The maximum Gasteiger partial charge on any atom is 0.270 e. The number of hydrogen-bond acceptors (Lipinski definition) is 8. The Labute approximate surface area is 181 Å². The number of amides is 1. The molecule has 1 aromatic rings. The van der Waals surface area contributed by atoms with Gasteiger partial charge in [-0.05, 0) is 12.0 Å². The Bertz CT molecular complexity index is 924. The third-order valence-electron chi connectivity index (χ3n) is 5.44. The molecule has 2 aliphatic heterocycles. The fraction of sp³-hybridized carbons (Fsp3) is 0.611. The van der Waals surface area contributed by atoms with Crippen molar-refractivity contribution in [2.24, 2.45) is 5.92 Å². The van der Waals surface area contributed by atoms with Gasteiger partial charge in [-0.1, -0.05) is 13.8 Å². The van der Waals surface area contributed by atoms with Crippen LogP contribution in [-0.2, 0) is 14.8 Å². The van der Waals surface area contributed by atoms with Crippen molar-refractivity contribution >= 4 is 34.2 Å². The number of piperazine rings is 2. The highest BCUT2D eigenvalue weighted by molar-refractivity contribution is 7.90. The molecule has 2 fully saturated rings. The van der Waals surface area contributed by atoms with Gasteiger partial charge in [0.15, 0.2) is 0 Å². The average molecular weight is 458 g/mol. The Morgan fingerprint density at radius 2 is 2.03 bits per heavy atom. The van der Waals surface area contributed by atoms with Crippen molar-refractivity contribution < 1.29 is 18.1 Å². The van der Waals surface area contributed by atoms with Crippen molar-refractivity contribution in [3.63, 3.8) is 0 Å². The molecule has 12 heteroatoms. The first-order valence-electron chi connectivity index (χ1n) is 9.84. The molecule has 0 saturated carbocycles. The van der Waals surface area contributed by atoms with Gasteiger partial charge in [0.2, 0.25) is 15.9 Å². The second-order valence-corrected chi connectivity index (χ2v) is 10.3. The van der Waals surface area contributed by atoms with Gasteiger partial charge in [0, 0.05) is 62.3 Å². The summed E-state index contributed by atoms with van der Waals surface area (Å²) in [7, 11) is -3.95. The summed E-state index contributed by atoms with van der Waals surface area (Å²) in [5.74, 6) is 0.123. The fourth-order valence-corrected chi connectivity index (χ4v) is 6.12. The molecule has 30 heavy (non-hydrogen) atoms. The van der Waals surface area contributed by atoms with Crippen molar-refractivity contribution in [1.29, 1.82) is 0 Å². The van der Waals surface area contributed by atoms with E-state index < -0.39 is 14.9 Å². The standard InChI is InChI=1S/C18H27N5O5S2/c1-12(2)17-18(24)20-5-7-21(17)10-13-11-22(8-6-19-13)30(27,28)16-9-14(23(25)26)3-4-15(16)29/h3-4,9,12-13,17,19,29H,5-8,10-11H2,1-2H3,(H,20,24)/t13-,17?/m0/s1. The molecular weight excluding hydrogens is 430 g/mol. The quantitative estimate of drug-likeness (QED) is 0.319. The summed E-state index contributed by atoms with van der Waals surface area (Å²) >= 11 is 4.20. The van der Waals surface area contributed by atoms with Gasteiger partial charge in [0.05, 0.1) is 11.0 Å². The molecule has 0 aliphatic carbocycles. The summed E-state index contributed by atoms with van der Waals surface area (Å²) in [5.41, 5.74) is -0.294. The number of benzene rings is 1. The lowest BCUT2D eigenvalue weighted by atomic mass is 9.99. The van der Waals surface area contributed by atoms with E-state index in [2.05, 4.69) is 28.2 Å². The van der Waals surface area contributed by atoms with E-state index in [0.29, 0.717) is 26.2 Å². The topological polar surface area (TPSA) is 125 Å². The molecule has 10 nitrogen and oxygen atoms in total. The van der Waals surface area contributed by atoms with Crippen LogP contribution in [0.3, 0.4) is 0 Å². The van der Waals surface area contributed by atoms with E-state index in [4.69, 9.17) is 0 Å². The van der Waals surface area contributed by atoms with Crippen molar-refractivity contribution in [2.45, 2.75) is 35.7 Å². The van der Waals surface area contributed by atoms with Gasteiger partial charge in [-0.3, -0.25) is 19.8 Å². The highest BCUT2D eigenvalue weighted by atomic mass is 32.2. The van der Waals surface area contributed by atoms with Crippen LogP contribution in [-0.4, -0.2) is 79.8 Å². The summed E-state index contributed by atoms with van der Waals surface area (Å²) in [6.45, 7) is 6.69. The number of nitro groups is 1. The molecule has 0 bridgehead atoms. The summed E-state index contributed by atoms with van der Waals surface area (Å²) in [6, 6.07) is 3.19. The molecule has 3 rings (SSSR count). The Hall–Kier alpha value is -1.73. The zero-order valence-electron chi connectivity index (χ0n) is 16.9. The smallest absolute Gasteiger partial charge is 0.270 e. The highest BCUT2D eigenvalue weighted by Gasteiger charge is 2.37. The van der Waals surface area contributed by atoms with Crippen LogP contribution < -0.4 is 10.6 Å². The lowest BCUT2D eigenvalue weighted by Gasteiger charge is -2.41. The predicted octanol–water partition coefficient (Wildman–Crippen LogP) is 0.302. The van der Waals surface area contributed by atoms with Crippen molar-refractivity contribution in [1.82, 2.24) is 19.8 Å². The van der Waals surface area contributed by atoms with Crippen LogP contribution in [0, 0.1) is 16.0 Å². The maximum atomic E-state index is 13.2. The number of sulfonamides is 1. The third kappa shape index (κ3) is 4.78. The number of nitrogens with zero attached hydrogens (tertiary/aromatic N) is 3. The Kier molecular flexibility index (Phi) is 7.02. The molecule has 0 radical (unpaired) electrons. The first kappa shape index (κ1) is 22.9. The number of carbonyl (C=O) groups is 1. The van der Waals surface area contributed by atoms with Gasteiger partial charge in [0.1, 0.15) is 4.90 Å². The first-order valence-corrected chi connectivity index (χ1v) is 11.7. The molecule has 1 amide bonds. The van der Waals surface area contributed by atoms with Crippen molar-refractivity contribution in [3.05, 3.63) is 28.3 Å². The number of thiol groups is 1. The molecule has 166 valence electrons. The van der Waals surface area contributed by atoms with Gasteiger partial charge in [-0.2, -0.15) is 4.31 Å². The van der Waals surface area contributed by atoms with Gasteiger partial charge < -0.3 is 10.6 Å². The number of nitrogens with one attached hydrogen (secondary N) is 2. The molecule has 2 aliphatic rings. The summed E-state index contributed by atoms with van der Waals surface area (Å²) in [4.78, 5) is 24.8. The van der Waals surface area contributed by atoms with Crippen LogP contribution in [0.15, 0.2) is 28.0 Å². The SMILES string of the molecule is CC(C)C1C(=O)NCCN1C[C@H]1CN(S(=O)(=O)c2cc([N+](=O)[O-])ccc2S)CCN1. The monoisotopic (exact) mass is 457 g/mol. The van der Waals surface area contributed by atoms with Crippen LogP contribution in [0.2, 0.25) is 0 Å². The maximum absolute atomic E-state index is 13.2. The van der Waals surface area contributed by atoms with Gasteiger partial charge in [-0.15, -0.1) is 12.6 Å². The normalized spacial score (nSPS) is 24.1. The van der Waals surface area contributed by atoms with Crippen LogP contribution in [0.5, 0.6) is 0 Å². The van der Waals surface area contributed by atoms with E-state index >= 15 is 0 Å². The number of rotatable bonds is 6. The summed E-state index contributed by atoms with van der Waals surface area (Å²) in [6.07, 6.45) is 0. The largest absolute Gasteiger partial charge is 0.353 e. The van der Waals surface area contributed by atoms with Crippen LogP contribution in [0.4, 0.5) is 5.69 Å². The second-order valence-electron chi connectivity index (χ2n) is 7.90. The second kappa shape index (κ2) is 9.18. The lowest BCUT2D eigenvalue weighted by Crippen LogP contribution is -2.62. The minimum Gasteiger partial charge on any atom is -0.353 e. The summed E-state index contributed by atoms with van der Waals surface area (Å²) < 4.78 is 27.7. The van der Waals surface area contributed by atoms with E-state index in [1.165, 1.54) is 16.4 Å². The molecule has 0 spiro atoms. The number of hydrogen-bond donors (Lipinski definition) is 3. The zero-order chi connectivity index (χ0) is 22.1.